The summed E-state index contributed by atoms with van der Waals surface area (Å²) >= 11 is 0. The summed E-state index contributed by atoms with van der Waals surface area (Å²) in [5, 5.41) is 24.5. The van der Waals surface area contributed by atoms with Crippen LogP contribution in [0.2, 0.25) is 0 Å². The summed E-state index contributed by atoms with van der Waals surface area (Å²) in [6.45, 7) is 5.71. The van der Waals surface area contributed by atoms with E-state index in [0.29, 0.717) is 5.71 Å². The minimum Gasteiger partial charge on any atom is -0.507 e. The number of carbonyl (C=O) groups is 1. The van der Waals surface area contributed by atoms with E-state index in [1.54, 1.807) is 6.92 Å². The molecule has 2 N–H and O–H groups in total. The molecule has 0 fully saturated rings. The van der Waals surface area contributed by atoms with Crippen molar-refractivity contribution in [2.45, 2.75) is 20.8 Å². The van der Waals surface area contributed by atoms with Crippen molar-refractivity contribution in [2.75, 3.05) is 0 Å². The standard InChI is InChI=1S/C17H17N3O4/c1-10-4-5-13(8-11(10)2)12(3)18-19-17(22)15-9-14(20(23)24)6-7-16(15)21/h4-9,21H,1-3H3,(H,19,22)/b18-12-. The summed E-state index contributed by atoms with van der Waals surface area (Å²) in [5.41, 5.74) is 5.49. The highest BCUT2D eigenvalue weighted by atomic mass is 16.6. The molecule has 0 unspecified atom stereocenters. The zero-order chi connectivity index (χ0) is 17.9. The van der Waals surface area contributed by atoms with Gasteiger partial charge >= 0.3 is 0 Å². The topological polar surface area (TPSA) is 105 Å². The number of carbonyl (C=O) groups excluding carboxylic acids is 1. The Morgan fingerprint density at radius 3 is 2.50 bits per heavy atom. The predicted octanol–water partition coefficient (Wildman–Crippen LogP) is 3.07. The second kappa shape index (κ2) is 6.91. The number of hydrogen-bond donors (Lipinski definition) is 2. The van der Waals surface area contributed by atoms with Gasteiger partial charge in [-0.05, 0) is 49.6 Å². The van der Waals surface area contributed by atoms with Gasteiger partial charge in [-0.15, -0.1) is 0 Å². The molecule has 0 aliphatic rings. The highest BCUT2D eigenvalue weighted by molar-refractivity contribution is 6.02. The van der Waals surface area contributed by atoms with Crippen molar-refractivity contribution in [1.29, 1.82) is 0 Å². The third-order valence-corrected chi connectivity index (χ3v) is 3.69. The molecule has 2 rings (SSSR count). The number of hydrogen-bond acceptors (Lipinski definition) is 5. The average Bonchev–Trinajstić information content (AvgIpc) is 2.55. The monoisotopic (exact) mass is 327 g/mol. The van der Waals surface area contributed by atoms with Crippen molar-refractivity contribution >= 4 is 17.3 Å². The first-order chi connectivity index (χ1) is 11.3. The molecule has 0 heterocycles. The van der Waals surface area contributed by atoms with E-state index in [1.807, 2.05) is 32.0 Å². The van der Waals surface area contributed by atoms with Gasteiger partial charge in [0.1, 0.15) is 5.75 Å². The normalized spacial score (nSPS) is 11.2. The van der Waals surface area contributed by atoms with Crippen LogP contribution in [0.4, 0.5) is 5.69 Å². The quantitative estimate of drug-likeness (QED) is 0.511. The number of non-ortho nitro benzene ring substituents is 1. The number of phenols is 1. The maximum atomic E-state index is 12.1. The van der Waals surface area contributed by atoms with Gasteiger partial charge < -0.3 is 5.11 Å². The molecule has 0 radical (unpaired) electrons. The van der Waals surface area contributed by atoms with Gasteiger partial charge in [0.05, 0.1) is 16.2 Å². The van der Waals surface area contributed by atoms with E-state index in [1.165, 1.54) is 0 Å². The highest BCUT2D eigenvalue weighted by Crippen LogP contribution is 2.22. The Balaban J connectivity index is 2.21. The maximum absolute atomic E-state index is 12.1. The molecule has 0 saturated heterocycles. The largest absolute Gasteiger partial charge is 0.507 e. The third kappa shape index (κ3) is 3.75. The number of nitro benzene ring substituents is 1. The molecule has 7 heteroatoms. The van der Waals surface area contributed by atoms with Crippen molar-refractivity contribution in [1.82, 2.24) is 5.43 Å². The molecule has 0 saturated carbocycles. The lowest BCUT2D eigenvalue weighted by atomic mass is 10.0. The van der Waals surface area contributed by atoms with Gasteiger partial charge in [-0.3, -0.25) is 14.9 Å². The molecule has 0 aliphatic carbocycles. The highest BCUT2D eigenvalue weighted by Gasteiger charge is 2.16. The van der Waals surface area contributed by atoms with Gasteiger partial charge in [0.25, 0.3) is 11.6 Å². The van der Waals surface area contributed by atoms with Crippen LogP contribution in [0.25, 0.3) is 0 Å². The van der Waals surface area contributed by atoms with Crippen LogP contribution in [-0.2, 0) is 0 Å². The van der Waals surface area contributed by atoms with Crippen LogP contribution in [0.3, 0.4) is 0 Å². The van der Waals surface area contributed by atoms with Crippen LogP contribution in [0.1, 0.15) is 34.0 Å². The first-order valence-electron chi connectivity index (χ1n) is 7.19. The number of nitro groups is 1. The van der Waals surface area contributed by atoms with Crippen LogP contribution in [0, 0.1) is 24.0 Å². The second-order valence-corrected chi connectivity index (χ2v) is 5.40. The number of nitrogens with zero attached hydrogens (tertiary/aromatic N) is 2. The van der Waals surface area contributed by atoms with Crippen molar-refractivity contribution in [3.05, 3.63) is 68.8 Å². The molecule has 0 aromatic heterocycles. The molecule has 7 nitrogen and oxygen atoms in total. The minimum atomic E-state index is -0.723. The zero-order valence-corrected chi connectivity index (χ0v) is 13.5. The predicted molar refractivity (Wildman–Crippen MR) is 90.4 cm³/mol. The molecule has 0 spiro atoms. The summed E-state index contributed by atoms with van der Waals surface area (Å²) in [5.74, 6) is -1.07. The average molecular weight is 327 g/mol. The molecule has 124 valence electrons. The molecular weight excluding hydrogens is 310 g/mol. The Hall–Kier alpha value is -3.22. The van der Waals surface area contributed by atoms with Crippen LogP contribution >= 0.6 is 0 Å². The lowest BCUT2D eigenvalue weighted by Crippen LogP contribution is -2.19. The van der Waals surface area contributed by atoms with Crippen molar-refractivity contribution in [3.63, 3.8) is 0 Å². The second-order valence-electron chi connectivity index (χ2n) is 5.40. The summed E-state index contributed by atoms with van der Waals surface area (Å²) in [6, 6.07) is 9.02. The molecule has 1 amide bonds. The Kier molecular flexibility index (Phi) is 4.93. The number of phenolic OH excluding ortho intramolecular Hbond substituents is 1. The summed E-state index contributed by atoms with van der Waals surface area (Å²) in [6.07, 6.45) is 0. The van der Waals surface area contributed by atoms with E-state index in [2.05, 4.69) is 10.5 Å². The smallest absolute Gasteiger partial charge is 0.275 e. The Labute approximate surface area is 138 Å². The fourth-order valence-electron chi connectivity index (χ4n) is 2.05. The number of hydrazone groups is 1. The summed E-state index contributed by atoms with van der Waals surface area (Å²) in [4.78, 5) is 22.2. The SMILES string of the molecule is C/C(=N/NC(=O)c1cc([N+](=O)[O-])ccc1O)c1ccc(C)c(C)c1. The van der Waals surface area contributed by atoms with E-state index in [0.717, 1.165) is 34.9 Å². The zero-order valence-electron chi connectivity index (χ0n) is 13.5. The molecule has 2 aromatic carbocycles. The fraction of sp³-hybridized carbons (Fsp3) is 0.176. The van der Waals surface area contributed by atoms with Gasteiger partial charge in [-0.2, -0.15) is 5.10 Å². The van der Waals surface area contributed by atoms with Crippen molar-refractivity contribution < 1.29 is 14.8 Å². The first kappa shape index (κ1) is 17.1. The Morgan fingerprint density at radius 2 is 1.88 bits per heavy atom. The lowest BCUT2D eigenvalue weighted by Gasteiger charge is -2.06. The van der Waals surface area contributed by atoms with Gasteiger partial charge in [0.2, 0.25) is 0 Å². The molecule has 0 atom stereocenters. The van der Waals surface area contributed by atoms with Crippen LogP contribution in [0.5, 0.6) is 5.75 Å². The van der Waals surface area contributed by atoms with Crippen LogP contribution in [0.15, 0.2) is 41.5 Å². The van der Waals surface area contributed by atoms with E-state index in [9.17, 15) is 20.0 Å². The van der Waals surface area contributed by atoms with Gasteiger partial charge in [-0.1, -0.05) is 12.1 Å². The van der Waals surface area contributed by atoms with Crippen LogP contribution < -0.4 is 5.43 Å². The maximum Gasteiger partial charge on any atom is 0.275 e. The van der Waals surface area contributed by atoms with Gasteiger partial charge in [0, 0.05) is 12.1 Å². The van der Waals surface area contributed by atoms with Gasteiger partial charge in [0.15, 0.2) is 0 Å². The Bertz CT molecular complexity index is 844. The number of aryl methyl sites for hydroxylation is 2. The lowest BCUT2D eigenvalue weighted by molar-refractivity contribution is -0.384. The molecular formula is C17H17N3O4. The summed E-state index contributed by atoms with van der Waals surface area (Å²) in [7, 11) is 0. The summed E-state index contributed by atoms with van der Waals surface area (Å²) < 4.78 is 0. The van der Waals surface area contributed by atoms with Crippen molar-refractivity contribution in [2.24, 2.45) is 5.10 Å². The van der Waals surface area contributed by atoms with Gasteiger partial charge in [-0.25, -0.2) is 5.43 Å². The number of aromatic hydroxyl groups is 1. The molecule has 2 aromatic rings. The van der Waals surface area contributed by atoms with E-state index < -0.39 is 10.8 Å². The third-order valence-electron chi connectivity index (χ3n) is 3.69. The fourth-order valence-corrected chi connectivity index (χ4v) is 2.05. The van der Waals surface area contributed by atoms with E-state index >= 15 is 0 Å². The molecule has 24 heavy (non-hydrogen) atoms. The van der Waals surface area contributed by atoms with E-state index in [-0.39, 0.29) is 17.0 Å². The number of amides is 1. The molecule has 0 aliphatic heterocycles. The first-order valence-corrected chi connectivity index (χ1v) is 7.19. The number of benzene rings is 2. The van der Waals surface area contributed by atoms with Crippen LogP contribution in [-0.4, -0.2) is 21.6 Å². The number of nitrogens with one attached hydrogen (secondary N) is 1. The Morgan fingerprint density at radius 1 is 1.17 bits per heavy atom. The van der Waals surface area contributed by atoms with E-state index in [4.69, 9.17) is 0 Å². The molecule has 0 bridgehead atoms. The minimum absolute atomic E-state index is 0.208. The number of rotatable bonds is 4. The van der Waals surface area contributed by atoms with Crippen molar-refractivity contribution in [3.8, 4) is 5.75 Å².